The van der Waals surface area contributed by atoms with Crippen molar-refractivity contribution in [3.8, 4) is 5.75 Å². The molecule has 2 rings (SSSR count). The number of aliphatic hydroxyl groups excluding tert-OH is 1. The monoisotopic (exact) mass is 262 g/mol. The summed E-state index contributed by atoms with van der Waals surface area (Å²) in [7, 11) is 1.68. The molecule has 0 amide bonds. The van der Waals surface area contributed by atoms with Crippen LogP contribution in [0.25, 0.3) is 6.08 Å². The summed E-state index contributed by atoms with van der Waals surface area (Å²) in [6, 6.07) is 7.94. The number of methoxy groups -OCH3 is 1. The minimum absolute atomic E-state index is 0.217. The van der Waals surface area contributed by atoms with Crippen LogP contribution >= 0.6 is 0 Å². The van der Waals surface area contributed by atoms with Gasteiger partial charge in [0.25, 0.3) is 0 Å². The molecular weight excluding hydrogens is 240 g/mol. The van der Waals surface area contributed by atoms with Gasteiger partial charge in [0, 0.05) is 37.7 Å². The van der Waals surface area contributed by atoms with Crippen molar-refractivity contribution in [2.75, 3.05) is 33.3 Å². The van der Waals surface area contributed by atoms with Gasteiger partial charge in [-0.05, 0) is 6.07 Å². The van der Waals surface area contributed by atoms with Crippen LogP contribution in [0.2, 0.25) is 0 Å². The molecule has 1 aliphatic heterocycles. The van der Waals surface area contributed by atoms with Gasteiger partial charge in [-0.15, -0.1) is 0 Å². The molecule has 0 bridgehead atoms. The van der Waals surface area contributed by atoms with Gasteiger partial charge in [-0.1, -0.05) is 30.4 Å². The highest BCUT2D eigenvalue weighted by Crippen LogP contribution is 2.18. The van der Waals surface area contributed by atoms with E-state index in [4.69, 9.17) is 4.74 Å². The van der Waals surface area contributed by atoms with E-state index in [9.17, 15) is 5.11 Å². The standard InChI is InChI=1S/C15H22N2O2/c1-19-15-7-3-2-5-12(15)6-4-8-16-9-13-10-17-11-14(13)18/h2-7,13-14,16-18H,8-11H2,1H3/b6-4+. The zero-order chi connectivity index (χ0) is 13.5. The van der Waals surface area contributed by atoms with E-state index in [-0.39, 0.29) is 6.10 Å². The molecule has 3 N–H and O–H groups in total. The van der Waals surface area contributed by atoms with Crippen molar-refractivity contribution in [1.29, 1.82) is 0 Å². The Morgan fingerprint density at radius 1 is 1.42 bits per heavy atom. The van der Waals surface area contributed by atoms with Crippen molar-refractivity contribution >= 4 is 6.08 Å². The highest BCUT2D eigenvalue weighted by atomic mass is 16.5. The quantitative estimate of drug-likeness (QED) is 0.666. The lowest BCUT2D eigenvalue weighted by molar-refractivity contribution is 0.147. The highest BCUT2D eigenvalue weighted by Gasteiger charge is 2.23. The average molecular weight is 262 g/mol. The first kappa shape index (κ1) is 14.1. The van der Waals surface area contributed by atoms with Crippen molar-refractivity contribution < 1.29 is 9.84 Å². The topological polar surface area (TPSA) is 53.5 Å². The van der Waals surface area contributed by atoms with Crippen molar-refractivity contribution in [3.63, 3.8) is 0 Å². The number of aliphatic hydroxyl groups is 1. The van der Waals surface area contributed by atoms with Crippen molar-refractivity contribution in [2.24, 2.45) is 5.92 Å². The third kappa shape index (κ3) is 4.06. The minimum Gasteiger partial charge on any atom is -0.496 e. The molecule has 1 heterocycles. The fraction of sp³-hybridized carbons (Fsp3) is 0.467. The van der Waals surface area contributed by atoms with E-state index < -0.39 is 0 Å². The Morgan fingerprint density at radius 2 is 2.26 bits per heavy atom. The summed E-state index contributed by atoms with van der Waals surface area (Å²) in [5.41, 5.74) is 1.08. The number of β-amino-alcohol motifs (C(OH)–C–C–N with tert-alkyl or cyclic N) is 1. The summed E-state index contributed by atoms with van der Waals surface area (Å²) in [5, 5.41) is 16.2. The Balaban J connectivity index is 1.74. The normalized spacial score (nSPS) is 23.1. The second-order valence-electron chi connectivity index (χ2n) is 4.79. The van der Waals surface area contributed by atoms with Gasteiger partial charge in [-0.25, -0.2) is 0 Å². The van der Waals surface area contributed by atoms with Gasteiger partial charge in [0.05, 0.1) is 13.2 Å². The van der Waals surface area contributed by atoms with Gasteiger partial charge in [0.15, 0.2) is 0 Å². The second-order valence-corrected chi connectivity index (χ2v) is 4.79. The maximum Gasteiger partial charge on any atom is 0.126 e. The lowest BCUT2D eigenvalue weighted by Gasteiger charge is -2.12. The smallest absolute Gasteiger partial charge is 0.126 e. The molecule has 1 fully saturated rings. The molecule has 19 heavy (non-hydrogen) atoms. The van der Waals surface area contributed by atoms with Crippen LogP contribution in [0.1, 0.15) is 5.56 Å². The fourth-order valence-corrected chi connectivity index (χ4v) is 2.27. The van der Waals surface area contributed by atoms with E-state index in [2.05, 4.69) is 22.8 Å². The summed E-state index contributed by atoms with van der Waals surface area (Å²) in [4.78, 5) is 0. The van der Waals surface area contributed by atoms with Gasteiger partial charge in [0.2, 0.25) is 0 Å². The van der Waals surface area contributed by atoms with Crippen molar-refractivity contribution in [3.05, 3.63) is 35.9 Å². The Morgan fingerprint density at radius 3 is 3.00 bits per heavy atom. The Hall–Kier alpha value is -1.36. The fourth-order valence-electron chi connectivity index (χ4n) is 2.27. The summed E-state index contributed by atoms with van der Waals surface area (Å²) >= 11 is 0. The summed E-state index contributed by atoms with van der Waals surface area (Å²) in [6.07, 6.45) is 3.91. The van der Waals surface area contributed by atoms with Crippen LogP contribution in [0, 0.1) is 5.92 Å². The lowest BCUT2D eigenvalue weighted by atomic mass is 10.1. The molecule has 2 atom stereocenters. The lowest BCUT2D eigenvalue weighted by Crippen LogP contribution is -2.30. The minimum atomic E-state index is -0.217. The molecule has 1 aromatic rings. The molecule has 0 aliphatic carbocycles. The van der Waals surface area contributed by atoms with Gasteiger partial charge in [0.1, 0.15) is 5.75 Å². The third-order valence-corrected chi connectivity index (χ3v) is 3.41. The van der Waals surface area contributed by atoms with Crippen molar-refractivity contribution in [2.45, 2.75) is 6.10 Å². The molecule has 1 aromatic carbocycles. The van der Waals surface area contributed by atoms with Gasteiger partial charge in [-0.3, -0.25) is 0 Å². The first-order valence-electron chi connectivity index (χ1n) is 6.70. The van der Waals surface area contributed by atoms with Crippen LogP contribution in [0.4, 0.5) is 0 Å². The number of rotatable bonds is 6. The van der Waals surface area contributed by atoms with E-state index in [1.165, 1.54) is 0 Å². The third-order valence-electron chi connectivity index (χ3n) is 3.41. The zero-order valence-corrected chi connectivity index (χ0v) is 11.3. The summed E-state index contributed by atoms with van der Waals surface area (Å²) in [6.45, 7) is 3.24. The summed E-state index contributed by atoms with van der Waals surface area (Å²) < 4.78 is 5.28. The molecule has 0 saturated carbocycles. The molecule has 0 aromatic heterocycles. The maximum atomic E-state index is 9.65. The molecule has 0 spiro atoms. The Labute approximate surface area is 114 Å². The maximum absolute atomic E-state index is 9.65. The van der Waals surface area contributed by atoms with Crippen LogP contribution in [0.5, 0.6) is 5.75 Å². The number of hydrogen-bond acceptors (Lipinski definition) is 4. The van der Waals surface area contributed by atoms with Crippen LogP contribution in [-0.4, -0.2) is 44.5 Å². The van der Waals surface area contributed by atoms with E-state index in [0.717, 1.165) is 30.9 Å². The van der Waals surface area contributed by atoms with E-state index >= 15 is 0 Å². The SMILES string of the molecule is COc1ccccc1/C=C/CNCC1CNCC1O. The zero-order valence-electron chi connectivity index (χ0n) is 11.3. The average Bonchev–Trinajstić information content (AvgIpc) is 2.84. The first-order valence-corrected chi connectivity index (χ1v) is 6.70. The highest BCUT2D eigenvalue weighted by molar-refractivity contribution is 5.57. The van der Waals surface area contributed by atoms with E-state index in [1.54, 1.807) is 7.11 Å². The van der Waals surface area contributed by atoms with Crippen LogP contribution in [-0.2, 0) is 0 Å². The Bertz CT molecular complexity index is 420. The first-order chi connectivity index (χ1) is 9.31. The number of para-hydroxylation sites is 1. The predicted molar refractivity (Wildman–Crippen MR) is 77.3 cm³/mol. The Kier molecular flexibility index (Phi) is 5.39. The molecule has 0 radical (unpaired) electrons. The van der Waals surface area contributed by atoms with Gasteiger partial charge < -0.3 is 20.5 Å². The number of benzene rings is 1. The second kappa shape index (κ2) is 7.28. The van der Waals surface area contributed by atoms with Gasteiger partial charge in [-0.2, -0.15) is 0 Å². The van der Waals surface area contributed by atoms with Crippen molar-refractivity contribution in [1.82, 2.24) is 10.6 Å². The van der Waals surface area contributed by atoms with Crippen LogP contribution in [0.3, 0.4) is 0 Å². The van der Waals surface area contributed by atoms with E-state index in [0.29, 0.717) is 12.5 Å². The number of hydrogen-bond donors (Lipinski definition) is 3. The molecular formula is C15H22N2O2. The number of nitrogens with one attached hydrogen (secondary N) is 2. The van der Waals surface area contributed by atoms with E-state index in [1.807, 2.05) is 24.3 Å². The molecule has 2 unspecified atom stereocenters. The van der Waals surface area contributed by atoms with Crippen LogP contribution in [0.15, 0.2) is 30.3 Å². The largest absolute Gasteiger partial charge is 0.496 e. The number of ether oxygens (including phenoxy) is 1. The molecule has 1 saturated heterocycles. The molecule has 104 valence electrons. The van der Waals surface area contributed by atoms with Crippen LogP contribution < -0.4 is 15.4 Å². The molecule has 4 nitrogen and oxygen atoms in total. The molecule has 4 heteroatoms. The molecule has 1 aliphatic rings. The predicted octanol–water partition coefficient (Wildman–Crippen LogP) is 0.878. The van der Waals surface area contributed by atoms with Gasteiger partial charge >= 0.3 is 0 Å². The summed E-state index contributed by atoms with van der Waals surface area (Å²) in [5.74, 6) is 1.20.